The number of hydrogen-bond donors (Lipinski definition) is 2. The van der Waals surface area contributed by atoms with Crippen LogP contribution in [0.15, 0.2) is 41.8 Å². The molecule has 0 bridgehead atoms. The van der Waals surface area contributed by atoms with Crippen LogP contribution in [0.2, 0.25) is 0 Å². The van der Waals surface area contributed by atoms with E-state index in [2.05, 4.69) is 5.32 Å². The van der Waals surface area contributed by atoms with Gasteiger partial charge in [0.25, 0.3) is 5.91 Å². The molecule has 3 amide bonds. The Bertz CT molecular complexity index is 750. The zero-order valence-electron chi connectivity index (χ0n) is 12.3. The molecule has 1 saturated heterocycles. The lowest BCUT2D eigenvalue weighted by Gasteiger charge is -2.21. The number of aliphatic hydroxyl groups excluding tert-OH is 1. The molecule has 1 aromatic heterocycles. The molecule has 2 atom stereocenters. The number of nitrogens with zero attached hydrogens (tertiary/aromatic N) is 1. The van der Waals surface area contributed by atoms with Gasteiger partial charge in [0.1, 0.15) is 5.82 Å². The van der Waals surface area contributed by atoms with E-state index < -0.39 is 29.4 Å². The van der Waals surface area contributed by atoms with E-state index in [9.17, 15) is 19.1 Å². The van der Waals surface area contributed by atoms with Gasteiger partial charge < -0.3 is 10.4 Å². The van der Waals surface area contributed by atoms with Gasteiger partial charge in [0.05, 0.1) is 12.6 Å². The molecule has 7 heteroatoms. The zero-order valence-corrected chi connectivity index (χ0v) is 13.1. The van der Waals surface area contributed by atoms with Crippen LogP contribution in [0.1, 0.15) is 23.5 Å². The van der Waals surface area contributed by atoms with Crippen LogP contribution < -0.4 is 5.32 Å². The van der Waals surface area contributed by atoms with Gasteiger partial charge in [0.2, 0.25) is 0 Å². The van der Waals surface area contributed by atoms with Crippen molar-refractivity contribution in [2.24, 2.45) is 0 Å². The van der Waals surface area contributed by atoms with Gasteiger partial charge in [-0.2, -0.15) is 0 Å². The van der Waals surface area contributed by atoms with Gasteiger partial charge in [-0.15, -0.1) is 11.3 Å². The molecular weight excluding hydrogens is 319 g/mol. The van der Waals surface area contributed by atoms with Gasteiger partial charge >= 0.3 is 6.03 Å². The lowest BCUT2D eigenvalue weighted by Crippen LogP contribution is -2.40. The number of β-amino-alcohol motifs (C(OH)–C–C–N with tert-alkyl or cyclic N) is 1. The van der Waals surface area contributed by atoms with Gasteiger partial charge in [-0.1, -0.05) is 18.2 Å². The largest absolute Gasteiger partial charge is 0.387 e. The van der Waals surface area contributed by atoms with E-state index in [0.717, 1.165) is 9.78 Å². The molecule has 3 rings (SSSR count). The van der Waals surface area contributed by atoms with Crippen molar-refractivity contribution in [2.75, 3.05) is 6.54 Å². The van der Waals surface area contributed by atoms with Crippen molar-refractivity contribution in [2.45, 2.75) is 18.6 Å². The van der Waals surface area contributed by atoms with Gasteiger partial charge in [0.15, 0.2) is 5.54 Å². The van der Waals surface area contributed by atoms with Crippen molar-refractivity contribution in [3.8, 4) is 0 Å². The van der Waals surface area contributed by atoms with Crippen LogP contribution in [0.4, 0.5) is 9.18 Å². The smallest absolute Gasteiger partial charge is 0.325 e. The molecule has 1 aliphatic heterocycles. The number of imide groups is 1. The number of urea groups is 1. The lowest BCUT2D eigenvalue weighted by molar-refractivity contribution is -0.132. The minimum atomic E-state index is -1.15. The molecule has 0 unspecified atom stereocenters. The predicted molar refractivity (Wildman–Crippen MR) is 83.3 cm³/mol. The maximum Gasteiger partial charge on any atom is 0.325 e. The first kappa shape index (κ1) is 15.6. The molecule has 120 valence electrons. The fourth-order valence-electron chi connectivity index (χ4n) is 2.59. The van der Waals surface area contributed by atoms with Gasteiger partial charge in [-0.25, -0.2) is 9.18 Å². The highest BCUT2D eigenvalue weighted by Gasteiger charge is 2.50. The number of aliphatic hydroxyl groups is 1. The Morgan fingerprint density at radius 3 is 2.78 bits per heavy atom. The summed E-state index contributed by atoms with van der Waals surface area (Å²) < 4.78 is 13.2. The van der Waals surface area contributed by atoms with Gasteiger partial charge in [-0.05, 0) is 36.1 Å². The van der Waals surface area contributed by atoms with Crippen molar-refractivity contribution in [1.82, 2.24) is 10.2 Å². The average Bonchev–Trinajstić information content (AvgIpc) is 3.12. The molecule has 0 saturated carbocycles. The molecule has 2 N–H and O–H groups in total. The first-order valence-electron chi connectivity index (χ1n) is 7.03. The highest BCUT2D eigenvalue weighted by Crippen LogP contribution is 2.32. The number of carbonyl (C=O) groups excluding carboxylic acids is 2. The number of hydrogen-bond acceptors (Lipinski definition) is 4. The van der Waals surface area contributed by atoms with Crippen LogP contribution in [0, 0.1) is 5.82 Å². The third-order valence-corrected chi connectivity index (χ3v) is 4.97. The SMILES string of the molecule is C[C@]1(c2cccs2)NC(=O)N(C[C@@H](O)c2cccc(F)c2)C1=O. The van der Waals surface area contributed by atoms with Crippen LogP contribution >= 0.6 is 11.3 Å². The minimum absolute atomic E-state index is 0.227. The first-order valence-corrected chi connectivity index (χ1v) is 7.91. The summed E-state index contributed by atoms with van der Waals surface area (Å²) in [6.07, 6.45) is -1.15. The normalized spacial score (nSPS) is 22.3. The Balaban J connectivity index is 1.81. The topological polar surface area (TPSA) is 69.6 Å². The summed E-state index contributed by atoms with van der Waals surface area (Å²) in [4.78, 5) is 26.5. The van der Waals surface area contributed by atoms with Gasteiger partial charge in [0, 0.05) is 4.88 Å². The third-order valence-electron chi connectivity index (χ3n) is 3.88. The van der Waals surface area contributed by atoms with E-state index in [-0.39, 0.29) is 6.54 Å². The van der Waals surface area contributed by atoms with E-state index in [0.29, 0.717) is 5.56 Å². The Kier molecular flexibility index (Phi) is 3.91. The summed E-state index contributed by atoms with van der Waals surface area (Å²) in [5.74, 6) is -0.914. The van der Waals surface area contributed by atoms with Crippen LogP contribution in [-0.4, -0.2) is 28.5 Å². The number of benzene rings is 1. The maximum absolute atomic E-state index is 13.2. The molecule has 1 fully saturated rings. The Labute approximate surface area is 136 Å². The van der Waals surface area contributed by atoms with Gasteiger partial charge in [-0.3, -0.25) is 9.69 Å². The van der Waals surface area contributed by atoms with Crippen molar-refractivity contribution in [1.29, 1.82) is 0 Å². The van der Waals surface area contributed by atoms with Crippen molar-refractivity contribution < 1.29 is 19.1 Å². The van der Waals surface area contributed by atoms with Crippen LogP contribution in [0.3, 0.4) is 0 Å². The standard InChI is InChI=1S/C16H15FN2O3S/c1-16(13-6-3-7-23-13)14(21)19(15(22)18-16)9-12(20)10-4-2-5-11(17)8-10/h2-8,12,20H,9H2,1H3,(H,18,22)/t12-,16-/m1/s1. The first-order chi connectivity index (χ1) is 10.9. The van der Waals surface area contributed by atoms with Crippen LogP contribution in [0.5, 0.6) is 0 Å². The second kappa shape index (κ2) is 5.75. The molecule has 0 radical (unpaired) electrons. The second-order valence-electron chi connectivity index (χ2n) is 5.52. The van der Waals surface area contributed by atoms with E-state index in [1.54, 1.807) is 25.1 Å². The molecule has 23 heavy (non-hydrogen) atoms. The quantitative estimate of drug-likeness (QED) is 0.844. The Morgan fingerprint density at radius 1 is 1.35 bits per heavy atom. The summed E-state index contributed by atoms with van der Waals surface area (Å²) in [5.41, 5.74) is -0.817. The molecular formula is C16H15FN2O3S. The van der Waals surface area contributed by atoms with E-state index in [4.69, 9.17) is 0 Å². The highest BCUT2D eigenvalue weighted by molar-refractivity contribution is 7.10. The number of amides is 3. The molecule has 2 aromatic rings. The highest BCUT2D eigenvalue weighted by atomic mass is 32.1. The number of nitrogens with one attached hydrogen (secondary N) is 1. The molecule has 0 spiro atoms. The number of thiophene rings is 1. The molecule has 5 nitrogen and oxygen atoms in total. The second-order valence-corrected chi connectivity index (χ2v) is 6.47. The summed E-state index contributed by atoms with van der Waals surface area (Å²) in [5, 5.41) is 14.7. The third kappa shape index (κ3) is 2.73. The number of carbonyl (C=O) groups is 2. The Hall–Kier alpha value is -2.25. The predicted octanol–water partition coefficient (Wildman–Crippen LogP) is 2.39. The maximum atomic E-state index is 13.2. The Morgan fingerprint density at radius 2 is 2.13 bits per heavy atom. The minimum Gasteiger partial charge on any atom is -0.387 e. The van der Waals surface area contributed by atoms with E-state index in [1.807, 2.05) is 5.38 Å². The van der Waals surface area contributed by atoms with Crippen molar-refractivity contribution in [3.05, 3.63) is 58.0 Å². The summed E-state index contributed by atoms with van der Waals surface area (Å²) >= 11 is 1.37. The molecule has 1 aromatic carbocycles. The van der Waals surface area contributed by atoms with Crippen LogP contribution in [0.25, 0.3) is 0 Å². The fraction of sp³-hybridized carbons (Fsp3) is 0.250. The monoisotopic (exact) mass is 334 g/mol. The van der Waals surface area contributed by atoms with E-state index in [1.165, 1.54) is 29.5 Å². The summed E-state index contributed by atoms with van der Waals surface area (Å²) in [6.45, 7) is 1.41. The number of halogens is 1. The zero-order chi connectivity index (χ0) is 16.6. The van der Waals surface area contributed by atoms with Crippen molar-refractivity contribution >= 4 is 23.3 Å². The van der Waals surface area contributed by atoms with Crippen molar-refractivity contribution in [3.63, 3.8) is 0 Å². The molecule has 2 heterocycles. The number of rotatable bonds is 4. The molecule has 1 aliphatic rings. The van der Waals surface area contributed by atoms with E-state index >= 15 is 0 Å². The summed E-state index contributed by atoms with van der Waals surface area (Å²) in [7, 11) is 0. The molecule has 0 aliphatic carbocycles. The fourth-order valence-corrected chi connectivity index (χ4v) is 3.42. The lowest BCUT2D eigenvalue weighted by atomic mass is 10.0. The average molecular weight is 334 g/mol. The summed E-state index contributed by atoms with van der Waals surface area (Å²) in [6, 6.07) is 8.46. The van der Waals surface area contributed by atoms with Crippen LogP contribution in [-0.2, 0) is 10.3 Å².